The molecule has 1 amide bonds. The van der Waals surface area contributed by atoms with Gasteiger partial charge < -0.3 is 10.2 Å². The summed E-state index contributed by atoms with van der Waals surface area (Å²) in [5.74, 6) is 0.169. The Hall–Kier alpha value is -2.06. The lowest BCUT2D eigenvalue weighted by Gasteiger charge is -2.24. The molecule has 0 atom stereocenters. The molecule has 1 heterocycles. The zero-order valence-corrected chi connectivity index (χ0v) is 15.6. The Bertz CT molecular complexity index is 631. The number of carbonyl (C=O) groups is 1. The predicted molar refractivity (Wildman–Crippen MR) is 104 cm³/mol. The zero-order chi connectivity index (χ0) is 18.2. The summed E-state index contributed by atoms with van der Waals surface area (Å²) in [4.78, 5) is 17.0. The molecule has 2 fully saturated rings. The van der Waals surface area contributed by atoms with E-state index in [1.807, 2.05) is 24.3 Å². The van der Waals surface area contributed by atoms with Crippen LogP contribution in [0.5, 0.6) is 0 Å². The third-order valence-corrected chi connectivity index (χ3v) is 5.54. The largest absolute Gasteiger partial charge is 0.369 e. The molecule has 1 aliphatic carbocycles. The number of rotatable bonds is 4. The van der Waals surface area contributed by atoms with E-state index >= 15 is 0 Å². The minimum absolute atomic E-state index is 0.169. The SMILES string of the molecule is N#Cc1ccccc1N1CCCN(CC(=O)NC2CCCCCC2)CC1. The van der Waals surface area contributed by atoms with E-state index in [1.165, 1.54) is 25.7 Å². The average molecular weight is 354 g/mol. The van der Waals surface area contributed by atoms with Crippen molar-refractivity contribution in [3.05, 3.63) is 29.8 Å². The third-order valence-electron chi connectivity index (χ3n) is 5.54. The summed E-state index contributed by atoms with van der Waals surface area (Å²) in [7, 11) is 0. The van der Waals surface area contributed by atoms with E-state index in [4.69, 9.17) is 0 Å². The topological polar surface area (TPSA) is 59.4 Å². The van der Waals surface area contributed by atoms with Crippen molar-refractivity contribution < 1.29 is 4.79 Å². The number of anilines is 1. The van der Waals surface area contributed by atoms with Crippen LogP contribution in [-0.4, -0.2) is 49.6 Å². The highest BCUT2D eigenvalue weighted by Crippen LogP contribution is 2.21. The second kappa shape index (κ2) is 9.59. The van der Waals surface area contributed by atoms with Gasteiger partial charge in [0.15, 0.2) is 0 Å². The van der Waals surface area contributed by atoms with Crippen molar-refractivity contribution >= 4 is 11.6 Å². The van der Waals surface area contributed by atoms with Gasteiger partial charge in [0.25, 0.3) is 0 Å². The van der Waals surface area contributed by atoms with E-state index in [1.54, 1.807) is 0 Å². The van der Waals surface area contributed by atoms with Crippen LogP contribution >= 0.6 is 0 Å². The molecule has 0 spiro atoms. The van der Waals surface area contributed by atoms with Crippen LogP contribution in [0.1, 0.15) is 50.5 Å². The number of nitriles is 1. The summed E-state index contributed by atoms with van der Waals surface area (Å²) in [6.45, 7) is 4.07. The molecule has 0 radical (unpaired) electrons. The van der Waals surface area contributed by atoms with Crippen LogP contribution in [0.3, 0.4) is 0 Å². The van der Waals surface area contributed by atoms with Crippen molar-refractivity contribution in [1.82, 2.24) is 10.2 Å². The highest BCUT2D eigenvalue weighted by Gasteiger charge is 2.20. The Morgan fingerprint density at radius 2 is 1.81 bits per heavy atom. The zero-order valence-electron chi connectivity index (χ0n) is 15.6. The van der Waals surface area contributed by atoms with E-state index in [9.17, 15) is 10.1 Å². The number of benzene rings is 1. The number of amides is 1. The van der Waals surface area contributed by atoms with E-state index < -0.39 is 0 Å². The Labute approximate surface area is 157 Å². The van der Waals surface area contributed by atoms with Crippen molar-refractivity contribution in [3.63, 3.8) is 0 Å². The molecule has 1 aromatic carbocycles. The first-order valence-electron chi connectivity index (χ1n) is 10.0. The minimum Gasteiger partial charge on any atom is -0.369 e. The fourth-order valence-corrected chi connectivity index (χ4v) is 4.11. The maximum atomic E-state index is 12.4. The number of hydrogen-bond donors (Lipinski definition) is 1. The molecule has 0 aromatic heterocycles. The number of para-hydroxylation sites is 1. The molecule has 1 aromatic rings. The molecule has 3 rings (SSSR count). The van der Waals surface area contributed by atoms with Gasteiger partial charge in [-0.25, -0.2) is 0 Å². The van der Waals surface area contributed by atoms with Gasteiger partial charge in [0.2, 0.25) is 5.91 Å². The lowest BCUT2D eigenvalue weighted by atomic mass is 10.1. The van der Waals surface area contributed by atoms with Crippen LogP contribution in [0, 0.1) is 11.3 Å². The van der Waals surface area contributed by atoms with Crippen molar-refractivity contribution in [2.45, 2.75) is 51.0 Å². The highest BCUT2D eigenvalue weighted by atomic mass is 16.2. The van der Waals surface area contributed by atoms with Gasteiger partial charge in [-0.2, -0.15) is 5.26 Å². The van der Waals surface area contributed by atoms with E-state index in [0.717, 1.165) is 56.7 Å². The predicted octanol–water partition coefficient (Wildman–Crippen LogP) is 2.91. The molecule has 1 saturated heterocycles. The summed E-state index contributed by atoms with van der Waals surface area (Å²) in [6, 6.07) is 10.4. The molecule has 1 N–H and O–H groups in total. The van der Waals surface area contributed by atoms with Crippen LogP contribution < -0.4 is 10.2 Å². The van der Waals surface area contributed by atoms with Gasteiger partial charge in [0.1, 0.15) is 6.07 Å². The Balaban J connectivity index is 1.50. The molecule has 5 nitrogen and oxygen atoms in total. The number of hydrogen-bond acceptors (Lipinski definition) is 4. The normalized spacial score (nSPS) is 20.0. The number of nitrogens with one attached hydrogen (secondary N) is 1. The smallest absolute Gasteiger partial charge is 0.234 e. The van der Waals surface area contributed by atoms with Gasteiger partial charge in [-0.1, -0.05) is 37.8 Å². The minimum atomic E-state index is 0.169. The van der Waals surface area contributed by atoms with E-state index in [0.29, 0.717) is 12.6 Å². The summed E-state index contributed by atoms with van der Waals surface area (Å²) in [5.41, 5.74) is 1.74. The standard InChI is InChI=1S/C21H30N4O/c22-16-18-8-5-6-11-20(18)25-13-7-12-24(14-15-25)17-21(26)23-19-9-3-1-2-4-10-19/h5-6,8,11,19H,1-4,7,9-10,12-15,17H2,(H,23,26). The number of carbonyl (C=O) groups excluding carboxylic acids is 1. The molecule has 1 aliphatic heterocycles. The van der Waals surface area contributed by atoms with Crippen LogP contribution in [0.4, 0.5) is 5.69 Å². The van der Waals surface area contributed by atoms with Crippen LogP contribution in [0.2, 0.25) is 0 Å². The van der Waals surface area contributed by atoms with Crippen molar-refractivity contribution in [2.75, 3.05) is 37.6 Å². The first-order chi connectivity index (χ1) is 12.8. The molecular formula is C21H30N4O. The first-order valence-corrected chi connectivity index (χ1v) is 10.0. The first kappa shape index (κ1) is 18.7. The summed E-state index contributed by atoms with van der Waals surface area (Å²) < 4.78 is 0. The van der Waals surface area contributed by atoms with Crippen molar-refractivity contribution in [1.29, 1.82) is 5.26 Å². The number of nitrogens with zero attached hydrogens (tertiary/aromatic N) is 3. The third kappa shape index (κ3) is 5.22. The molecule has 26 heavy (non-hydrogen) atoms. The quantitative estimate of drug-likeness (QED) is 0.845. The van der Waals surface area contributed by atoms with E-state index in [2.05, 4.69) is 21.2 Å². The fraction of sp³-hybridized carbons (Fsp3) is 0.619. The van der Waals surface area contributed by atoms with Crippen LogP contribution in [-0.2, 0) is 4.79 Å². The lowest BCUT2D eigenvalue weighted by molar-refractivity contribution is -0.123. The highest BCUT2D eigenvalue weighted by molar-refractivity contribution is 5.78. The van der Waals surface area contributed by atoms with Gasteiger partial charge in [0, 0.05) is 32.2 Å². The second-order valence-electron chi connectivity index (χ2n) is 7.50. The molecular weight excluding hydrogens is 324 g/mol. The summed E-state index contributed by atoms with van der Waals surface area (Å²) in [5, 5.41) is 12.6. The van der Waals surface area contributed by atoms with Gasteiger partial charge in [-0.05, 0) is 31.4 Å². The van der Waals surface area contributed by atoms with Gasteiger partial charge in [-0.15, -0.1) is 0 Å². The maximum Gasteiger partial charge on any atom is 0.234 e. The second-order valence-corrected chi connectivity index (χ2v) is 7.50. The summed E-state index contributed by atoms with van der Waals surface area (Å²) in [6.07, 6.45) is 8.35. The Kier molecular flexibility index (Phi) is 6.90. The molecule has 140 valence electrons. The van der Waals surface area contributed by atoms with E-state index in [-0.39, 0.29) is 5.91 Å². The molecule has 0 bridgehead atoms. The summed E-state index contributed by atoms with van der Waals surface area (Å²) >= 11 is 0. The van der Waals surface area contributed by atoms with Gasteiger partial charge in [-0.3, -0.25) is 9.69 Å². The molecule has 1 saturated carbocycles. The van der Waals surface area contributed by atoms with Crippen molar-refractivity contribution in [2.24, 2.45) is 0 Å². The van der Waals surface area contributed by atoms with Crippen molar-refractivity contribution in [3.8, 4) is 6.07 Å². The van der Waals surface area contributed by atoms with Crippen LogP contribution in [0.15, 0.2) is 24.3 Å². The monoisotopic (exact) mass is 354 g/mol. The van der Waals surface area contributed by atoms with Gasteiger partial charge in [0.05, 0.1) is 17.8 Å². The lowest BCUT2D eigenvalue weighted by Crippen LogP contribution is -2.43. The molecule has 0 unspecified atom stereocenters. The van der Waals surface area contributed by atoms with Crippen LogP contribution in [0.25, 0.3) is 0 Å². The maximum absolute atomic E-state index is 12.4. The Morgan fingerprint density at radius 1 is 1.04 bits per heavy atom. The molecule has 5 heteroatoms. The molecule has 2 aliphatic rings. The van der Waals surface area contributed by atoms with Gasteiger partial charge >= 0.3 is 0 Å². The Morgan fingerprint density at radius 3 is 2.58 bits per heavy atom. The fourth-order valence-electron chi connectivity index (χ4n) is 4.11. The average Bonchev–Trinajstić information content (AvgIpc) is 3.04.